The summed E-state index contributed by atoms with van der Waals surface area (Å²) in [5, 5.41) is 4.15. The van der Waals surface area contributed by atoms with Gasteiger partial charge in [-0.05, 0) is 45.8 Å². The van der Waals surface area contributed by atoms with Crippen LogP contribution in [0.4, 0.5) is 0 Å². The minimum atomic E-state index is 0.550. The van der Waals surface area contributed by atoms with E-state index in [-0.39, 0.29) is 0 Å². The van der Waals surface area contributed by atoms with Gasteiger partial charge >= 0.3 is 0 Å². The van der Waals surface area contributed by atoms with Crippen LogP contribution in [0.3, 0.4) is 0 Å². The van der Waals surface area contributed by atoms with Crippen LogP contribution in [0.5, 0.6) is 5.75 Å². The molecule has 4 rings (SSSR count). The van der Waals surface area contributed by atoms with Crippen molar-refractivity contribution in [1.29, 1.82) is 0 Å². The van der Waals surface area contributed by atoms with Crippen LogP contribution >= 0.6 is 15.9 Å². The molecule has 0 aliphatic carbocycles. The quantitative estimate of drug-likeness (QED) is 0.453. The smallest absolute Gasteiger partial charge is 0.157 e. The fraction of sp³-hybridized carbons (Fsp3) is 0.100. The molecule has 0 saturated carbocycles. The Morgan fingerprint density at radius 3 is 2.58 bits per heavy atom. The summed E-state index contributed by atoms with van der Waals surface area (Å²) >= 11 is 3.33. The second-order valence-electron chi connectivity index (χ2n) is 5.85. The molecule has 2 aromatic heterocycles. The molecule has 0 saturated heterocycles. The van der Waals surface area contributed by atoms with Gasteiger partial charge in [0.15, 0.2) is 5.76 Å². The van der Waals surface area contributed by atoms with E-state index in [1.165, 1.54) is 0 Å². The van der Waals surface area contributed by atoms with Crippen molar-refractivity contribution >= 4 is 15.9 Å². The third-order valence-electron chi connectivity index (χ3n) is 3.90. The zero-order valence-electron chi connectivity index (χ0n) is 13.9. The Kier molecular flexibility index (Phi) is 4.84. The molecule has 2 aromatic carbocycles. The number of halogens is 1. The Morgan fingerprint density at radius 2 is 1.85 bits per heavy atom. The van der Waals surface area contributed by atoms with Crippen molar-refractivity contribution in [2.24, 2.45) is 0 Å². The van der Waals surface area contributed by atoms with Gasteiger partial charge in [0.1, 0.15) is 22.7 Å². The average molecular weight is 410 g/mol. The molecule has 0 N–H and O–H groups in total. The molecule has 5 nitrogen and oxygen atoms in total. The first-order valence-electron chi connectivity index (χ1n) is 8.16. The van der Waals surface area contributed by atoms with Crippen LogP contribution in [-0.2, 0) is 13.2 Å². The minimum Gasteiger partial charge on any atom is -0.489 e. The molecule has 0 radical (unpaired) electrons. The molecule has 0 amide bonds. The molecule has 0 aliphatic heterocycles. The summed E-state index contributed by atoms with van der Waals surface area (Å²) in [6.45, 7) is 1.14. The van der Waals surface area contributed by atoms with Gasteiger partial charge in [-0.25, -0.2) is 4.98 Å². The first-order valence-corrected chi connectivity index (χ1v) is 8.95. The number of nitrogens with zero attached hydrogens (tertiary/aromatic N) is 3. The Bertz CT molecular complexity index is 978. The number of rotatable bonds is 6. The summed E-state index contributed by atoms with van der Waals surface area (Å²) in [5.41, 5.74) is 2.93. The van der Waals surface area contributed by atoms with E-state index < -0.39 is 0 Å². The molecule has 130 valence electrons. The summed E-state index contributed by atoms with van der Waals surface area (Å²) in [4.78, 5) is 4.13. The summed E-state index contributed by atoms with van der Waals surface area (Å²) in [6.07, 6.45) is 3.63. The fourth-order valence-electron chi connectivity index (χ4n) is 2.59. The molecule has 4 aromatic rings. The van der Waals surface area contributed by atoms with Crippen LogP contribution in [0.15, 0.2) is 82.3 Å². The van der Waals surface area contributed by atoms with Gasteiger partial charge in [0.05, 0.1) is 12.9 Å². The third kappa shape index (κ3) is 4.03. The Morgan fingerprint density at radius 1 is 1.04 bits per heavy atom. The lowest BCUT2D eigenvalue weighted by atomic mass is 10.1. The van der Waals surface area contributed by atoms with Gasteiger partial charge in [0.25, 0.3) is 0 Å². The van der Waals surface area contributed by atoms with E-state index >= 15 is 0 Å². The van der Waals surface area contributed by atoms with Gasteiger partial charge in [0.2, 0.25) is 0 Å². The Labute approximate surface area is 159 Å². The van der Waals surface area contributed by atoms with Gasteiger partial charge in [-0.1, -0.05) is 35.5 Å². The van der Waals surface area contributed by atoms with Crippen molar-refractivity contribution in [2.45, 2.75) is 13.2 Å². The molecule has 2 heterocycles. The van der Waals surface area contributed by atoms with Crippen molar-refractivity contribution in [3.05, 3.63) is 89.1 Å². The molecule has 6 heteroatoms. The van der Waals surface area contributed by atoms with Gasteiger partial charge < -0.3 is 13.8 Å². The number of hydrogen-bond acceptors (Lipinski definition) is 4. The van der Waals surface area contributed by atoms with Crippen LogP contribution in [0.1, 0.15) is 11.3 Å². The largest absolute Gasteiger partial charge is 0.489 e. The van der Waals surface area contributed by atoms with Crippen LogP contribution in [0, 0.1) is 0 Å². The molecular weight excluding hydrogens is 394 g/mol. The third-order valence-corrected chi connectivity index (χ3v) is 4.31. The fourth-order valence-corrected chi connectivity index (χ4v) is 2.94. The second-order valence-corrected chi connectivity index (χ2v) is 6.66. The van der Waals surface area contributed by atoms with Crippen molar-refractivity contribution in [1.82, 2.24) is 14.7 Å². The highest BCUT2D eigenvalue weighted by Crippen LogP contribution is 2.23. The predicted octanol–water partition coefficient (Wildman–Crippen LogP) is 4.93. The number of benzene rings is 2. The van der Waals surface area contributed by atoms with Crippen LogP contribution in [0.2, 0.25) is 0 Å². The number of aromatic nitrogens is 3. The lowest BCUT2D eigenvalue weighted by Gasteiger charge is -2.06. The lowest BCUT2D eigenvalue weighted by molar-refractivity contribution is 0.306. The zero-order chi connectivity index (χ0) is 17.8. The molecule has 0 unspecified atom stereocenters. The highest BCUT2D eigenvalue weighted by Gasteiger charge is 2.08. The zero-order valence-corrected chi connectivity index (χ0v) is 15.5. The van der Waals surface area contributed by atoms with E-state index in [9.17, 15) is 0 Å². The van der Waals surface area contributed by atoms with Crippen molar-refractivity contribution < 1.29 is 9.26 Å². The summed E-state index contributed by atoms with van der Waals surface area (Å²) in [5.74, 6) is 1.60. The highest BCUT2D eigenvalue weighted by atomic mass is 79.9. The van der Waals surface area contributed by atoms with Crippen LogP contribution in [-0.4, -0.2) is 14.7 Å². The van der Waals surface area contributed by atoms with Crippen molar-refractivity contribution in [2.75, 3.05) is 0 Å². The number of ether oxygens (including phenoxy) is 1. The Hall–Kier alpha value is -2.86. The first kappa shape index (κ1) is 16.6. The number of hydrogen-bond donors (Lipinski definition) is 0. The summed E-state index contributed by atoms with van der Waals surface area (Å²) in [7, 11) is 0. The topological polar surface area (TPSA) is 53.1 Å². The summed E-state index contributed by atoms with van der Waals surface area (Å²) in [6, 6.07) is 19.9. The molecule has 0 spiro atoms. The van der Waals surface area contributed by atoms with E-state index in [0.717, 1.165) is 32.9 Å². The molecule has 26 heavy (non-hydrogen) atoms. The molecule has 0 atom stereocenters. The highest BCUT2D eigenvalue weighted by molar-refractivity contribution is 9.10. The van der Waals surface area contributed by atoms with Crippen LogP contribution in [0.25, 0.3) is 11.3 Å². The van der Waals surface area contributed by atoms with E-state index in [2.05, 4.69) is 26.1 Å². The van der Waals surface area contributed by atoms with Gasteiger partial charge in [-0.15, -0.1) is 0 Å². The first-order chi connectivity index (χ1) is 12.8. The molecule has 0 bridgehead atoms. The van der Waals surface area contributed by atoms with E-state index in [4.69, 9.17) is 9.26 Å². The maximum absolute atomic E-state index is 5.81. The van der Waals surface area contributed by atoms with Crippen molar-refractivity contribution in [3.63, 3.8) is 0 Å². The van der Waals surface area contributed by atoms with E-state index in [1.807, 2.05) is 71.4 Å². The van der Waals surface area contributed by atoms with Gasteiger partial charge in [-0.3, -0.25) is 0 Å². The molecule has 0 aliphatic rings. The Balaban J connectivity index is 1.40. The van der Waals surface area contributed by atoms with Gasteiger partial charge in [-0.2, -0.15) is 0 Å². The average Bonchev–Trinajstić information content (AvgIpc) is 3.31. The van der Waals surface area contributed by atoms with Crippen molar-refractivity contribution in [3.8, 4) is 17.0 Å². The maximum Gasteiger partial charge on any atom is 0.157 e. The van der Waals surface area contributed by atoms with E-state index in [0.29, 0.717) is 13.2 Å². The molecular formula is C20H16BrN3O2. The SMILES string of the molecule is Brc1cn(Cc2cc(-c3ccc(OCc4ccccc4)cc3)no2)cn1. The predicted molar refractivity (Wildman–Crippen MR) is 102 cm³/mol. The van der Waals surface area contributed by atoms with Gasteiger partial charge in [0, 0.05) is 17.8 Å². The maximum atomic E-state index is 5.81. The standard InChI is InChI=1S/C20H16BrN3O2/c21-20-12-24(14-22-20)11-18-10-19(23-26-18)16-6-8-17(9-7-16)25-13-15-4-2-1-3-5-15/h1-10,12,14H,11,13H2. The molecule has 0 fully saturated rings. The lowest BCUT2D eigenvalue weighted by Crippen LogP contribution is -1.94. The monoisotopic (exact) mass is 409 g/mol. The van der Waals surface area contributed by atoms with E-state index in [1.54, 1.807) is 6.33 Å². The summed E-state index contributed by atoms with van der Waals surface area (Å²) < 4.78 is 14.0. The van der Waals surface area contributed by atoms with Crippen LogP contribution < -0.4 is 4.74 Å². The normalized spacial score (nSPS) is 10.8. The second kappa shape index (κ2) is 7.58. The number of imidazole rings is 1. The minimum absolute atomic E-state index is 0.550.